The number of nitrogens with zero attached hydrogens (tertiary/aromatic N) is 1. The van der Waals surface area contributed by atoms with Crippen LogP contribution in [0.25, 0.3) is 11.1 Å². The largest absolute Gasteiger partial charge is 0.497 e. The Kier molecular flexibility index (Phi) is 6.85. The van der Waals surface area contributed by atoms with E-state index in [9.17, 15) is 9.18 Å². The molecular formula is C23H22FNO5. The molecule has 0 atom stereocenters. The lowest BCUT2D eigenvalue weighted by molar-refractivity contribution is -0.132. The first-order valence-corrected chi connectivity index (χ1v) is 9.38. The van der Waals surface area contributed by atoms with Crippen LogP contribution in [0.2, 0.25) is 0 Å². The molecule has 1 heterocycles. The van der Waals surface area contributed by atoms with E-state index in [1.165, 1.54) is 19.1 Å². The lowest BCUT2D eigenvalue weighted by atomic mass is 10.0. The molecule has 1 aromatic heterocycles. The summed E-state index contributed by atoms with van der Waals surface area (Å²) in [5.74, 6) is -0.201. The first kappa shape index (κ1) is 21.1. The molecule has 0 fully saturated rings. The fourth-order valence-corrected chi connectivity index (χ4v) is 2.88. The predicted molar refractivity (Wildman–Crippen MR) is 109 cm³/mol. The van der Waals surface area contributed by atoms with Gasteiger partial charge in [0.25, 0.3) is 0 Å². The Hall–Kier alpha value is -3.61. The second kappa shape index (κ2) is 9.73. The number of pyridine rings is 1. The van der Waals surface area contributed by atoms with Gasteiger partial charge in [-0.3, -0.25) is 4.79 Å². The molecule has 2 aromatic carbocycles. The highest BCUT2D eigenvalue weighted by Gasteiger charge is 2.23. The lowest BCUT2D eigenvalue weighted by Crippen LogP contribution is -2.07. The molecule has 7 heteroatoms. The van der Waals surface area contributed by atoms with Crippen molar-refractivity contribution in [2.75, 3.05) is 13.7 Å². The van der Waals surface area contributed by atoms with Crippen LogP contribution in [0.3, 0.4) is 0 Å². The van der Waals surface area contributed by atoms with E-state index in [4.69, 9.17) is 18.9 Å². The summed E-state index contributed by atoms with van der Waals surface area (Å²) < 4.78 is 36.5. The maximum absolute atomic E-state index is 14.6. The molecule has 0 bridgehead atoms. The molecule has 156 valence electrons. The molecule has 0 unspecified atom stereocenters. The van der Waals surface area contributed by atoms with Gasteiger partial charge in [-0.15, -0.1) is 0 Å². The van der Waals surface area contributed by atoms with E-state index in [1.54, 1.807) is 25.4 Å². The van der Waals surface area contributed by atoms with Gasteiger partial charge < -0.3 is 18.9 Å². The number of halogens is 1. The van der Waals surface area contributed by atoms with Crippen LogP contribution in [-0.2, 0) is 11.4 Å². The van der Waals surface area contributed by atoms with Crippen molar-refractivity contribution in [3.8, 4) is 34.3 Å². The van der Waals surface area contributed by atoms with Crippen molar-refractivity contribution in [1.82, 2.24) is 4.98 Å². The van der Waals surface area contributed by atoms with E-state index in [1.807, 2.05) is 31.2 Å². The second-order valence-corrected chi connectivity index (χ2v) is 6.27. The number of ether oxygens (including phenoxy) is 4. The number of aromatic nitrogens is 1. The number of carbonyl (C=O) groups is 1. The zero-order chi connectivity index (χ0) is 21.5. The zero-order valence-corrected chi connectivity index (χ0v) is 17.0. The van der Waals surface area contributed by atoms with E-state index in [2.05, 4.69) is 4.98 Å². The predicted octanol–water partition coefficient (Wildman–Crippen LogP) is 4.80. The first-order chi connectivity index (χ1) is 14.5. The van der Waals surface area contributed by atoms with Gasteiger partial charge in [-0.2, -0.15) is 0 Å². The quantitative estimate of drug-likeness (QED) is 0.392. The number of hydrogen-bond acceptors (Lipinski definition) is 6. The smallest absolute Gasteiger partial charge is 0.308 e. The lowest BCUT2D eigenvalue weighted by Gasteiger charge is -2.17. The molecule has 0 amide bonds. The Morgan fingerprint density at radius 3 is 2.50 bits per heavy atom. The second-order valence-electron chi connectivity index (χ2n) is 6.27. The molecule has 3 rings (SSSR count). The molecular weight excluding hydrogens is 389 g/mol. The van der Waals surface area contributed by atoms with Crippen molar-refractivity contribution in [1.29, 1.82) is 0 Å². The highest BCUT2D eigenvalue weighted by molar-refractivity contribution is 5.83. The summed E-state index contributed by atoms with van der Waals surface area (Å²) >= 11 is 0. The van der Waals surface area contributed by atoms with Gasteiger partial charge in [0.05, 0.1) is 24.8 Å². The highest BCUT2D eigenvalue weighted by Crippen LogP contribution is 2.43. The number of hydrogen-bond donors (Lipinski definition) is 0. The Morgan fingerprint density at radius 2 is 1.83 bits per heavy atom. The fraction of sp³-hybridized carbons (Fsp3) is 0.217. The summed E-state index contributed by atoms with van der Waals surface area (Å²) in [7, 11) is 1.60. The van der Waals surface area contributed by atoms with Crippen LogP contribution >= 0.6 is 0 Å². The Balaban J connectivity index is 2.01. The van der Waals surface area contributed by atoms with Crippen LogP contribution in [0.5, 0.6) is 23.1 Å². The van der Waals surface area contributed by atoms with Crippen LogP contribution in [0, 0.1) is 5.82 Å². The molecule has 0 aliphatic carbocycles. The molecule has 0 N–H and O–H groups in total. The normalized spacial score (nSPS) is 10.4. The van der Waals surface area contributed by atoms with Crippen LogP contribution < -0.4 is 18.9 Å². The summed E-state index contributed by atoms with van der Waals surface area (Å²) in [6.45, 7) is 3.60. The van der Waals surface area contributed by atoms with E-state index < -0.39 is 11.8 Å². The van der Waals surface area contributed by atoms with Crippen LogP contribution in [0.1, 0.15) is 19.4 Å². The number of benzene rings is 2. The first-order valence-electron chi connectivity index (χ1n) is 9.38. The van der Waals surface area contributed by atoms with Crippen LogP contribution in [-0.4, -0.2) is 24.7 Å². The topological polar surface area (TPSA) is 66.9 Å². The average Bonchev–Trinajstić information content (AvgIpc) is 2.75. The Labute approximate surface area is 174 Å². The van der Waals surface area contributed by atoms with Gasteiger partial charge in [0.1, 0.15) is 18.1 Å². The number of rotatable bonds is 8. The highest BCUT2D eigenvalue weighted by atomic mass is 19.1. The van der Waals surface area contributed by atoms with Crippen molar-refractivity contribution in [2.24, 2.45) is 0 Å². The van der Waals surface area contributed by atoms with Crippen molar-refractivity contribution >= 4 is 5.97 Å². The summed E-state index contributed by atoms with van der Waals surface area (Å²) in [5, 5.41) is 0. The molecule has 0 spiro atoms. The molecule has 0 aliphatic heterocycles. The molecule has 3 aromatic rings. The number of carbonyl (C=O) groups excluding carboxylic acids is 1. The SMILES string of the molecule is CCOc1ccc(F)c(OC(C)=O)c1-c1cccnc1OCc1ccc(OC)cc1. The third-order valence-electron chi connectivity index (χ3n) is 4.19. The van der Waals surface area contributed by atoms with Crippen molar-refractivity contribution < 1.29 is 28.1 Å². The van der Waals surface area contributed by atoms with Crippen molar-refractivity contribution in [2.45, 2.75) is 20.5 Å². The van der Waals surface area contributed by atoms with Gasteiger partial charge >= 0.3 is 5.97 Å². The van der Waals surface area contributed by atoms with Gasteiger partial charge in [-0.1, -0.05) is 12.1 Å². The van der Waals surface area contributed by atoms with Gasteiger partial charge in [0.15, 0.2) is 11.6 Å². The summed E-state index contributed by atoms with van der Waals surface area (Å²) in [6.07, 6.45) is 1.57. The molecule has 0 saturated heterocycles. The minimum Gasteiger partial charge on any atom is -0.497 e. The molecule has 0 aliphatic rings. The summed E-state index contributed by atoms with van der Waals surface area (Å²) in [4.78, 5) is 15.9. The van der Waals surface area contributed by atoms with Crippen LogP contribution in [0.4, 0.5) is 4.39 Å². The third-order valence-corrected chi connectivity index (χ3v) is 4.19. The van der Waals surface area contributed by atoms with Crippen molar-refractivity contribution in [3.05, 3.63) is 66.1 Å². The zero-order valence-electron chi connectivity index (χ0n) is 17.0. The Morgan fingerprint density at radius 1 is 1.07 bits per heavy atom. The van der Waals surface area contributed by atoms with E-state index in [-0.39, 0.29) is 23.8 Å². The molecule has 30 heavy (non-hydrogen) atoms. The van der Waals surface area contributed by atoms with E-state index >= 15 is 0 Å². The average molecular weight is 411 g/mol. The number of esters is 1. The van der Waals surface area contributed by atoms with Crippen LogP contribution in [0.15, 0.2) is 54.7 Å². The monoisotopic (exact) mass is 411 g/mol. The molecule has 6 nitrogen and oxygen atoms in total. The summed E-state index contributed by atoms with van der Waals surface area (Å²) in [6, 6.07) is 13.5. The van der Waals surface area contributed by atoms with E-state index in [0.717, 1.165) is 11.3 Å². The summed E-state index contributed by atoms with van der Waals surface area (Å²) in [5.41, 5.74) is 1.62. The fourth-order valence-electron chi connectivity index (χ4n) is 2.88. The standard InChI is InChI=1S/C23H22FNO5/c1-4-28-20-12-11-19(24)22(30-15(2)26)21(20)18-6-5-13-25-23(18)29-14-16-7-9-17(27-3)10-8-16/h5-13H,4,14H2,1-3H3. The van der Waals surface area contributed by atoms with Gasteiger partial charge in [0, 0.05) is 13.1 Å². The third kappa shape index (κ3) is 4.86. The van der Waals surface area contributed by atoms with Gasteiger partial charge in [0.2, 0.25) is 5.88 Å². The minimum absolute atomic E-state index is 0.226. The van der Waals surface area contributed by atoms with Crippen molar-refractivity contribution in [3.63, 3.8) is 0 Å². The van der Waals surface area contributed by atoms with Gasteiger partial charge in [-0.05, 0) is 48.9 Å². The maximum atomic E-state index is 14.6. The molecule has 0 radical (unpaired) electrons. The molecule has 0 saturated carbocycles. The Bertz CT molecular complexity index is 1020. The maximum Gasteiger partial charge on any atom is 0.308 e. The minimum atomic E-state index is -0.686. The van der Waals surface area contributed by atoms with Gasteiger partial charge in [-0.25, -0.2) is 9.37 Å². The van der Waals surface area contributed by atoms with E-state index in [0.29, 0.717) is 17.9 Å². The number of methoxy groups -OCH3 is 1.